The highest BCUT2D eigenvalue weighted by molar-refractivity contribution is 7.98. The van der Waals surface area contributed by atoms with E-state index in [9.17, 15) is 4.79 Å². The van der Waals surface area contributed by atoms with E-state index in [4.69, 9.17) is 4.74 Å². The first-order valence-corrected chi connectivity index (χ1v) is 6.75. The molecule has 1 heterocycles. The second-order valence-electron chi connectivity index (χ2n) is 3.94. The SMILES string of the molecule is CCOC(=O)c1cn(CC2CC2)nc1SC. The third kappa shape index (κ3) is 2.58. The molecule has 0 amide bonds. The summed E-state index contributed by atoms with van der Waals surface area (Å²) >= 11 is 1.49. The Hall–Kier alpha value is -0.970. The van der Waals surface area contributed by atoms with E-state index in [0.717, 1.165) is 17.5 Å². The van der Waals surface area contributed by atoms with Crippen molar-refractivity contribution in [2.45, 2.75) is 31.3 Å². The van der Waals surface area contributed by atoms with Gasteiger partial charge in [0.1, 0.15) is 10.6 Å². The van der Waals surface area contributed by atoms with Crippen LogP contribution in [0.5, 0.6) is 0 Å². The van der Waals surface area contributed by atoms with Crippen molar-refractivity contribution in [3.8, 4) is 0 Å². The van der Waals surface area contributed by atoms with Gasteiger partial charge in [0.15, 0.2) is 0 Å². The van der Waals surface area contributed by atoms with Gasteiger partial charge in [-0.25, -0.2) is 4.79 Å². The van der Waals surface area contributed by atoms with Crippen molar-refractivity contribution in [1.82, 2.24) is 9.78 Å². The molecule has 5 heteroatoms. The summed E-state index contributed by atoms with van der Waals surface area (Å²) in [6.07, 6.45) is 6.29. The zero-order valence-corrected chi connectivity index (χ0v) is 10.4. The number of nitrogens with zero attached hydrogens (tertiary/aromatic N) is 2. The molecule has 1 aliphatic rings. The molecule has 1 fully saturated rings. The molecular weight excluding hydrogens is 224 g/mol. The van der Waals surface area contributed by atoms with Gasteiger partial charge < -0.3 is 4.74 Å². The first-order chi connectivity index (χ1) is 7.74. The van der Waals surface area contributed by atoms with Crippen molar-refractivity contribution in [2.75, 3.05) is 12.9 Å². The van der Waals surface area contributed by atoms with Crippen molar-refractivity contribution < 1.29 is 9.53 Å². The molecule has 1 aromatic heterocycles. The fourth-order valence-corrected chi connectivity index (χ4v) is 2.10. The standard InChI is InChI=1S/C11H16N2O2S/c1-3-15-11(14)9-7-13(6-8-4-5-8)12-10(9)16-2/h7-8H,3-6H2,1-2H3. The molecule has 1 aromatic rings. The first-order valence-electron chi connectivity index (χ1n) is 5.53. The molecule has 1 saturated carbocycles. The highest BCUT2D eigenvalue weighted by atomic mass is 32.2. The second-order valence-corrected chi connectivity index (χ2v) is 4.73. The average Bonchev–Trinajstić information content (AvgIpc) is 2.96. The van der Waals surface area contributed by atoms with Crippen LogP contribution in [-0.4, -0.2) is 28.6 Å². The lowest BCUT2D eigenvalue weighted by molar-refractivity contribution is 0.0522. The summed E-state index contributed by atoms with van der Waals surface area (Å²) in [6.45, 7) is 3.14. The van der Waals surface area contributed by atoms with Crippen molar-refractivity contribution in [3.05, 3.63) is 11.8 Å². The molecule has 0 N–H and O–H groups in total. The topological polar surface area (TPSA) is 44.1 Å². The summed E-state index contributed by atoms with van der Waals surface area (Å²) in [7, 11) is 0. The third-order valence-electron chi connectivity index (χ3n) is 2.56. The molecule has 88 valence electrons. The van der Waals surface area contributed by atoms with Gasteiger partial charge in [0.05, 0.1) is 6.61 Å². The lowest BCUT2D eigenvalue weighted by atomic mass is 10.3. The quantitative estimate of drug-likeness (QED) is 0.584. The molecule has 2 rings (SSSR count). The van der Waals surface area contributed by atoms with Crippen molar-refractivity contribution in [2.24, 2.45) is 5.92 Å². The predicted molar refractivity (Wildman–Crippen MR) is 62.7 cm³/mol. The Bertz CT molecular complexity index is 385. The first kappa shape index (κ1) is 11.5. The number of hydrogen-bond donors (Lipinski definition) is 0. The normalized spacial score (nSPS) is 15.1. The van der Waals surface area contributed by atoms with E-state index in [-0.39, 0.29) is 5.97 Å². The zero-order valence-electron chi connectivity index (χ0n) is 9.60. The van der Waals surface area contributed by atoms with E-state index < -0.39 is 0 Å². The third-order valence-corrected chi connectivity index (χ3v) is 3.25. The minimum Gasteiger partial charge on any atom is -0.462 e. The van der Waals surface area contributed by atoms with Crippen molar-refractivity contribution in [1.29, 1.82) is 0 Å². The summed E-state index contributed by atoms with van der Waals surface area (Å²) < 4.78 is 6.87. The Balaban J connectivity index is 2.14. The molecule has 0 bridgehead atoms. The van der Waals surface area contributed by atoms with E-state index in [1.165, 1.54) is 24.6 Å². The van der Waals surface area contributed by atoms with Crippen LogP contribution in [0.1, 0.15) is 30.1 Å². The van der Waals surface area contributed by atoms with Crippen LogP contribution in [0.2, 0.25) is 0 Å². The second kappa shape index (κ2) is 4.91. The molecule has 0 spiro atoms. The van der Waals surface area contributed by atoms with Crippen LogP contribution in [0.15, 0.2) is 11.2 Å². The molecule has 16 heavy (non-hydrogen) atoms. The number of esters is 1. The van der Waals surface area contributed by atoms with Crippen LogP contribution in [0.3, 0.4) is 0 Å². The van der Waals surface area contributed by atoms with Gasteiger partial charge in [-0.2, -0.15) is 5.10 Å². The molecule has 0 saturated heterocycles. The maximum Gasteiger partial charge on any atom is 0.342 e. The molecule has 0 aliphatic heterocycles. The van der Waals surface area contributed by atoms with E-state index in [0.29, 0.717) is 12.2 Å². The molecule has 0 unspecified atom stereocenters. The fourth-order valence-electron chi connectivity index (χ4n) is 1.56. The molecule has 0 atom stereocenters. The average molecular weight is 240 g/mol. The van der Waals surface area contributed by atoms with Crippen LogP contribution >= 0.6 is 11.8 Å². The van der Waals surface area contributed by atoms with E-state index in [1.807, 2.05) is 24.1 Å². The summed E-state index contributed by atoms with van der Waals surface area (Å²) in [5, 5.41) is 5.15. The maximum absolute atomic E-state index is 11.7. The van der Waals surface area contributed by atoms with E-state index >= 15 is 0 Å². The van der Waals surface area contributed by atoms with Gasteiger partial charge in [0.2, 0.25) is 0 Å². The highest BCUT2D eigenvalue weighted by Gasteiger charge is 2.24. The summed E-state index contributed by atoms with van der Waals surface area (Å²) in [4.78, 5) is 11.7. The Kier molecular flexibility index (Phi) is 3.53. The Morgan fingerprint density at radius 3 is 3.00 bits per heavy atom. The Morgan fingerprint density at radius 2 is 2.44 bits per heavy atom. The number of ether oxygens (including phenoxy) is 1. The van der Waals surface area contributed by atoms with E-state index in [1.54, 1.807) is 0 Å². The molecule has 0 radical (unpaired) electrons. The predicted octanol–water partition coefficient (Wildman–Crippen LogP) is 2.19. The smallest absolute Gasteiger partial charge is 0.342 e. The van der Waals surface area contributed by atoms with E-state index in [2.05, 4.69) is 5.10 Å². The molecular formula is C11H16N2O2S. The molecule has 4 nitrogen and oxygen atoms in total. The van der Waals surface area contributed by atoms with Crippen molar-refractivity contribution in [3.63, 3.8) is 0 Å². The maximum atomic E-state index is 11.7. The van der Waals surface area contributed by atoms with Gasteiger partial charge in [0.25, 0.3) is 0 Å². The number of carbonyl (C=O) groups excluding carboxylic acids is 1. The van der Waals surface area contributed by atoms with Crippen LogP contribution in [0, 0.1) is 5.92 Å². The van der Waals surface area contributed by atoms with Crippen LogP contribution in [-0.2, 0) is 11.3 Å². The lowest BCUT2D eigenvalue weighted by Crippen LogP contribution is -2.04. The molecule has 0 aromatic carbocycles. The largest absolute Gasteiger partial charge is 0.462 e. The fraction of sp³-hybridized carbons (Fsp3) is 0.636. The van der Waals surface area contributed by atoms with Gasteiger partial charge in [-0.1, -0.05) is 0 Å². The van der Waals surface area contributed by atoms with Gasteiger partial charge in [-0.05, 0) is 31.9 Å². The Morgan fingerprint density at radius 1 is 1.69 bits per heavy atom. The van der Waals surface area contributed by atoms with Gasteiger partial charge in [-0.3, -0.25) is 4.68 Å². The van der Waals surface area contributed by atoms with Gasteiger partial charge in [-0.15, -0.1) is 11.8 Å². The summed E-state index contributed by atoms with van der Waals surface area (Å²) in [5.41, 5.74) is 0.593. The number of rotatable bonds is 5. The van der Waals surface area contributed by atoms with Crippen LogP contribution in [0.4, 0.5) is 0 Å². The number of aromatic nitrogens is 2. The Labute approximate surface area is 99.4 Å². The minimum atomic E-state index is -0.270. The summed E-state index contributed by atoms with van der Waals surface area (Å²) in [6, 6.07) is 0. The number of hydrogen-bond acceptors (Lipinski definition) is 4. The lowest BCUT2D eigenvalue weighted by Gasteiger charge is -1.98. The van der Waals surface area contributed by atoms with Crippen LogP contribution < -0.4 is 0 Å². The number of thioether (sulfide) groups is 1. The van der Waals surface area contributed by atoms with Gasteiger partial charge >= 0.3 is 5.97 Å². The highest BCUT2D eigenvalue weighted by Crippen LogP contribution is 2.31. The van der Waals surface area contributed by atoms with Crippen LogP contribution in [0.25, 0.3) is 0 Å². The van der Waals surface area contributed by atoms with Crippen molar-refractivity contribution >= 4 is 17.7 Å². The monoisotopic (exact) mass is 240 g/mol. The summed E-state index contributed by atoms with van der Waals surface area (Å²) in [5.74, 6) is 0.485. The molecule has 1 aliphatic carbocycles. The number of carbonyl (C=O) groups is 1. The van der Waals surface area contributed by atoms with Gasteiger partial charge in [0, 0.05) is 12.7 Å². The minimum absolute atomic E-state index is 0.270. The zero-order chi connectivity index (χ0) is 11.5.